The lowest BCUT2D eigenvalue weighted by Crippen LogP contribution is -2.50. The second kappa shape index (κ2) is 21.9. The maximum absolute atomic E-state index is 13.6. The fourth-order valence-electron chi connectivity index (χ4n) is 6.20. The van der Waals surface area contributed by atoms with E-state index in [0.717, 1.165) is 5.57 Å². The number of amides is 1. The van der Waals surface area contributed by atoms with Gasteiger partial charge in [-0.2, -0.15) is 0 Å². The van der Waals surface area contributed by atoms with Crippen molar-refractivity contribution in [3.63, 3.8) is 0 Å². The molecule has 12 unspecified atom stereocenters. The number of esters is 1. The van der Waals surface area contributed by atoms with Gasteiger partial charge in [0.05, 0.1) is 37.6 Å². The first-order valence-corrected chi connectivity index (χ1v) is 17.4. The average Bonchev–Trinajstić information content (AvgIpc) is 3.05. The third-order valence-electron chi connectivity index (χ3n) is 9.36. The largest absolute Gasteiger partial charge is 0.490 e. The lowest BCUT2D eigenvalue weighted by Gasteiger charge is -2.34. The van der Waals surface area contributed by atoms with E-state index in [-0.39, 0.29) is 29.4 Å². The smallest absolute Gasteiger partial charge is 0.373 e. The third-order valence-corrected chi connectivity index (χ3v) is 9.36. The van der Waals surface area contributed by atoms with Gasteiger partial charge in [-0.05, 0) is 58.6 Å². The SMILES string of the molecule is C/C=C/C(O)C(C)/C=C/C(=O)NC(C)C(O)C(C)C1OC(=O)C(OC)=C/C(C)=C/C(C)C(O)C(CC)C(O)C(C)C/C(C)=C/C=C/C1OC. The van der Waals surface area contributed by atoms with Crippen LogP contribution >= 0.6 is 0 Å². The van der Waals surface area contributed by atoms with Gasteiger partial charge in [0.1, 0.15) is 12.2 Å². The van der Waals surface area contributed by atoms with Crippen molar-refractivity contribution in [2.24, 2.45) is 29.6 Å². The summed E-state index contributed by atoms with van der Waals surface area (Å²) >= 11 is 0. The van der Waals surface area contributed by atoms with E-state index in [2.05, 4.69) is 5.32 Å². The molecule has 1 heterocycles. The summed E-state index contributed by atoms with van der Waals surface area (Å²) in [6, 6.07) is -0.742. The molecule has 1 rings (SSSR count). The van der Waals surface area contributed by atoms with Crippen LogP contribution in [-0.4, -0.2) is 89.2 Å². The Morgan fingerprint density at radius 1 is 1.10 bits per heavy atom. The first kappa shape index (κ1) is 44.0. The predicted molar refractivity (Wildman–Crippen MR) is 193 cm³/mol. The number of carbonyl (C=O) groups is 2. The molecule has 10 nitrogen and oxygen atoms in total. The molecule has 1 aliphatic heterocycles. The molecule has 1 aliphatic rings. The minimum atomic E-state index is -1.16. The van der Waals surface area contributed by atoms with Gasteiger partial charge in [-0.15, -0.1) is 0 Å². The number of hydrogen-bond donors (Lipinski definition) is 5. The van der Waals surface area contributed by atoms with Crippen LogP contribution in [0.5, 0.6) is 0 Å². The van der Waals surface area contributed by atoms with Crippen molar-refractivity contribution in [3.8, 4) is 0 Å². The molecule has 0 aromatic carbocycles. The Morgan fingerprint density at radius 2 is 1.76 bits per heavy atom. The molecule has 0 fully saturated rings. The Bertz CT molecular complexity index is 1220. The molecule has 5 N–H and O–H groups in total. The zero-order chi connectivity index (χ0) is 37.4. The van der Waals surface area contributed by atoms with Crippen LogP contribution in [0.2, 0.25) is 0 Å². The topological polar surface area (TPSA) is 155 Å². The lowest BCUT2D eigenvalue weighted by molar-refractivity contribution is -0.161. The van der Waals surface area contributed by atoms with Crippen LogP contribution < -0.4 is 5.32 Å². The summed E-state index contributed by atoms with van der Waals surface area (Å²) in [7, 11) is 2.83. The number of allylic oxidation sites excluding steroid dienone is 6. The average molecular weight is 690 g/mol. The molecule has 0 aromatic heterocycles. The van der Waals surface area contributed by atoms with Gasteiger partial charge in [0, 0.05) is 30.8 Å². The Morgan fingerprint density at radius 3 is 2.33 bits per heavy atom. The second-order valence-electron chi connectivity index (χ2n) is 13.6. The first-order chi connectivity index (χ1) is 23.0. The van der Waals surface area contributed by atoms with Gasteiger partial charge < -0.3 is 40.0 Å². The van der Waals surface area contributed by atoms with Gasteiger partial charge in [0.2, 0.25) is 11.7 Å². The number of cyclic esters (lactones) is 1. The number of aliphatic hydroxyl groups excluding tert-OH is 4. The van der Waals surface area contributed by atoms with E-state index in [1.165, 1.54) is 26.4 Å². The Balaban J connectivity index is 3.51. The molecule has 0 saturated carbocycles. The number of rotatable bonds is 11. The van der Waals surface area contributed by atoms with Crippen LogP contribution in [0, 0.1) is 29.6 Å². The van der Waals surface area contributed by atoms with E-state index in [1.54, 1.807) is 65.0 Å². The third kappa shape index (κ3) is 14.0. The van der Waals surface area contributed by atoms with Crippen molar-refractivity contribution in [3.05, 3.63) is 71.6 Å². The number of methoxy groups -OCH3 is 2. The Hall–Kier alpha value is -3.02. The van der Waals surface area contributed by atoms with Crippen LogP contribution in [-0.2, 0) is 23.8 Å². The standard InChI is InChI=1S/C39H63NO9/c1-12-15-31(41)25(5)18-19-34(42)40-29(9)37(45)28(8)38-32(47-10)17-14-16-23(3)20-26(6)35(43)30(13-2)36(44)27(7)21-24(4)22-33(48-11)39(46)49-38/h12,14-19,21-22,25-32,35-38,41,43-45H,13,20H2,1-11H3,(H,40,42)/b15-12+,17-14+,19-18+,23-16+,24-21+,33-22?. The number of hydrogen-bond acceptors (Lipinski definition) is 9. The van der Waals surface area contributed by atoms with Crippen molar-refractivity contribution in [2.75, 3.05) is 14.2 Å². The molecule has 0 bridgehead atoms. The highest BCUT2D eigenvalue weighted by atomic mass is 16.6. The zero-order valence-corrected chi connectivity index (χ0v) is 31.4. The van der Waals surface area contributed by atoms with Crippen LogP contribution in [0.4, 0.5) is 0 Å². The molecular formula is C39H63NO9. The molecule has 0 aliphatic carbocycles. The van der Waals surface area contributed by atoms with Crippen LogP contribution in [0.3, 0.4) is 0 Å². The van der Waals surface area contributed by atoms with Crippen molar-refractivity contribution < 1.29 is 44.2 Å². The summed E-state index contributed by atoms with van der Waals surface area (Å²) in [6.07, 6.45) is 11.0. The molecule has 49 heavy (non-hydrogen) atoms. The van der Waals surface area contributed by atoms with Gasteiger partial charge in [0.15, 0.2) is 0 Å². The highest BCUT2D eigenvalue weighted by Crippen LogP contribution is 2.29. The number of ether oxygens (including phenoxy) is 3. The molecular weight excluding hydrogens is 626 g/mol. The maximum Gasteiger partial charge on any atom is 0.373 e. The molecule has 278 valence electrons. The van der Waals surface area contributed by atoms with E-state index >= 15 is 0 Å². The van der Waals surface area contributed by atoms with E-state index in [9.17, 15) is 30.0 Å². The van der Waals surface area contributed by atoms with Crippen LogP contribution in [0.1, 0.15) is 75.2 Å². The summed E-state index contributed by atoms with van der Waals surface area (Å²) in [5.74, 6) is -3.12. The van der Waals surface area contributed by atoms with Gasteiger partial charge in [-0.25, -0.2) is 4.79 Å². The second-order valence-corrected chi connectivity index (χ2v) is 13.6. The van der Waals surface area contributed by atoms with Gasteiger partial charge >= 0.3 is 5.97 Å². The molecule has 0 saturated heterocycles. The Labute approximate surface area is 294 Å². The van der Waals surface area contributed by atoms with Crippen molar-refractivity contribution >= 4 is 11.9 Å². The molecule has 1 amide bonds. The highest BCUT2D eigenvalue weighted by Gasteiger charge is 2.37. The van der Waals surface area contributed by atoms with E-state index < -0.39 is 60.5 Å². The minimum absolute atomic E-state index is 0.0840. The van der Waals surface area contributed by atoms with Crippen molar-refractivity contribution in [1.29, 1.82) is 0 Å². The molecule has 10 heteroatoms. The number of aliphatic hydroxyl groups is 4. The van der Waals surface area contributed by atoms with E-state index in [4.69, 9.17) is 14.2 Å². The predicted octanol–water partition coefficient (Wildman–Crippen LogP) is 4.95. The fraction of sp³-hybridized carbons (Fsp3) is 0.641. The van der Waals surface area contributed by atoms with Gasteiger partial charge in [0.25, 0.3) is 0 Å². The van der Waals surface area contributed by atoms with Gasteiger partial charge in [-0.3, -0.25) is 4.79 Å². The summed E-state index contributed by atoms with van der Waals surface area (Å²) in [5, 5.41) is 46.7. The fourth-order valence-corrected chi connectivity index (χ4v) is 6.20. The molecule has 0 spiro atoms. The monoisotopic (exact) mass is 689 g/mol. The van der Waals surface area contributed by atoms with E-state index in [1.807, 2.05) is 39.8 Å². The van der Waals surface area contributed by atoms with Crippen LogP contribution in [0.25, 0.3) is 0 Å². The number of nitrogens with one attached hydrogen (secondary N) is 1. The minimum Gasteiger partial charge on any atom is -0.490 e. The maximum atomic E-state index is 13.6. The summed E-state index contributed by atoms with van der Waals surface area (Å²) in [6.45, 7) is 16.5. The first-order valence-electron chi connectivity index (χ1n) is 17.4. The normalized spacial score (nSPS) is 32.6. The van der Waals surface area contributed by atoms with Crippen molar-refractivity contribution in [1.82, 2.24) is 5.32 Å². The zero-order valence-electron chi connectivity index (χ0n) is 31.4. The molecule has 0 aromatic rings. The number of carbonyl (C=O) groups excluding carboxylic acids is 2. The van der Waals surface area contributed by atoms with Gasteiger partial charge in [-0.1, -0.05) is 88.3 Å². The van der Waals surface area contributed by atoms with Crippen molar-refractivity contribution in [2.45, 2.75) is 118 Å². The Kier molecular flexibility index (Phi) is 19.7. The summed E-state index contributed by atoms with van der Waals surface area (Å²) in [4.78, 5) is 26.3. The quantitative estimate of drug-likeness (QED) is 0.115. The summed E-state index contributed by atoms with van der Waals surface area (Å²) in [5.41, 5.74) is 1.65. The van der Waals surface area contributed by atoms with Crippen LogP contribution in [0.15, 0.2) is 71.6 Å². The highest BCUT2D eigenvalue weighted by molar-refractivity contribution is 5.88. The summed E-state index contributed by atoms with van der Waals surface area (Å²) < 4.78 is 17.2. The molecule has 0 radical (unpaired) electrons. The lowest BCUT2D eigenvalue weighted by atomic mass is 9.79. The molecule has 12 atom stereocenters. The van der Waals surface area contributed by atoms with E-state index in [0.29, 0.717) is 18.4 Å².